The molecular weight excluding hydrogens is 781 g/mol. The van der Waals surface area contributed by atoms with Gasteiger partial charge in [0.1, 0.15) is 31.0 Å². The van der Waals surface area contributed by atoms with Crippen molar-refractivity contribution in [1.29, 1.82) is 0 Å². The molecule has 5 rings (SSSR count). The van der Waals surface area contributed by atoms with Gasteiger partial charge in [-0.25, -0.2) is 18.1 Å². The van der Waals surface area contributed by atoms with E-state index in [1.807, 2.05) is 12.1 Å². The fourth-order valence-corrected chi connectivity index (χ4v) is 6.63. The number of rotatable bonds is 16. The van der Waals surface area contributed by atoms with Crippen molar-refractivity contribution in [3.63, 3.8) is 0 Å². The van der Waals surface area contributed by atoms with Crippen LogP contribution < -0.4 is 0 Å². The highest BCUT2D eigenvalue weighted by Gasteiger charge is 2.46. The number of esters is 1. The van der Waals surface area contributed by atoms with Gasteiger partial charge in [0.15, 0.2) is 11.9 Å². The fourth-order valence-electron chi connectivity index (χ4n) is 4.45. The summed E-state index contributed by atoms with van der Waals surface area (Å²) in [6.45, 7) is -1.49. The second kappa shape index (κ2) is 16.8. The molecular formula is C34H29Br2F2O9P. The van der Waals surface area contributed by atoms with Crippen molar-refractivity contribution in [3.05, 3.63) is 151 Å². The summed E-state index contributed by atoms with van der Waals surface area (Å²) < 4.78 is 76.7. The summed E-state index contributed by atoms with van der Waals surface area (Å²) in [6.07, 6.45) is -2.97. The molecule has 0 saturated carbocycles. The number of halogens is 4. The molecule has 14 heteroatoms. The van der Waals surface area contributed by atoms with E-state index in [1.165, 1.54) is 36.4 Å². The van der Waals surface area contributed by atoms with Gasteiger partial charge < -0.3 is 19.3 Å². The molecule has 252 valence electrons. The Kier molecular flexibility index (Phi) is 12.6. The Hall–Kier alpha value is -3.42. The lowest BCUT2D eigenvalue weighted by atomic mass is 10.1. The second-order valence-electron chi connectivity index (χ2n) is 10.4. The number of benzene rings is 4. The number of phosphoric acid groups is 1. The molecule has 2 atom stereocenters. The van der Waals surface area contributed by atoms with E-state index in [4.69, 9.17) is 27.8 Å². The topological polar surface area (TPSA) is 110 Å². The minimum Gasteiger partial charge on any atom is -0.485 e. The number of aliphatic hydroxyl groups excluding tert-OH is 1. The van der Waals surface area contributed by atoms with Gasteiger partial charge in [-0.05, 0) is 78.4 Å². The van der Waals surface area contributed by atoms with Crippen molar-refractivity contribution < 1.29 is 51.0 Å². The number of phosphoric ester groups is 1. The molecule has 1 aliphatic rings. The minimum absolute atomic E-state index is 0.157. The molecule has 48 heavy (non-hydrogen) atoms. The number of aliphatic hydroxyl groups is 1. The first-order valence-electron chi connectivity index (χ1n) is 14.5. The van der Waals surface area contributed by atoms with Crippen LogP contribution in [-0.2, 0) is 63.6 Å². The molecule has 4 aromatic carbocycles. The van der Waals surface area contributed by atoms with E-state index in [9.17, 15) is 23.2 Å². The Bertz CT molecular complexity index is 1750. The summed E-state index contributed by atoms with van der Waals surface area (Å²) in [4.78, 5) is 13.2. The van der Waals surface area contributed by atoms with E-state index in [0.29, 0.717) is 22.3 Å². The molecule has 0 spiro atoms. The Morgan fingerprint density at radius 2 is 1.23 bits per heavy atom. The van der Waals surface area contributed by atoms with Crippen LogP contribution >= 0.6 is 39.7 Å². The van der Waals surface area contributed by atoms with Crippen molar-refractivity contribution in [2.24, 2.45) is 0 Å². The standard InChI is InChI=1S/C34H29Br2F2O9P/c35-26-15-24(11-13-28(26)37)18-42-32-31(46-34(40)33(32)43-19-25-12-14-29(38)27(36)16-25)30(17-39)47-48(41,44-20-22-7-3-1-4-8-22)45-21-23-9-5-2-6-10-23/h1-16,30-31,39H,17-21H2/t30-,31+/m0/s1. The third kappa shape index (κ3) is 9.60. The van der Waals surface area contributed by atoms with Gasteiger partial charge in [-0.3, -0.25) is 13.6 Å². The van der Waals surface area contributed by atoms with Crippen LogP contribution in [0.1, 0.15) is 22.3 Å². The quantitative estimate of drug-likeness (QED) is 0.0884. The van der Waals surface area contributed by atoms with Crippen LogP contribution in [0.4, 0.5) is 8.78 Å². The lowest BCUT2D eigenvalue weighted by Crippen LogP contribution is -2.35. The predicted molar refractivity (Wildman–Crippen MR) is 177 cm³/mol. The summed E-state index contributed by atoms with van der Waals surface area (Å²) in [6, 6.07) is 26.2. The number of carbonyl (C=O) groups is 1. The van der Waals surface area contributed by atoms with Crippen LogP contribution in [0.3, 0.4) is 0 Å². The smallest absolute Gasteiger partial charge is 0.475 e. The average molecular weight is 810 g/mol. The maximum absolute atomic E-state index is 14.1. The van der Waals surface area contributed by atoms with E-state index in [2.05, 4.69) is 31.9 Å². The Morgan fingerprint density at radius 1 is 0.729 bits per heavy atom. The summed E-state index contributed by atoms with van der Waals surface area (Å²) in [7, 11) is -4.46. The average Bonchev–Trinajstić information content (AvgIpc) is 3.41. The van der Waals surface area contributed by atoms with Crippen molar-refractivity contribution in [3.8, 4) is 0 Å². The van der Waals surface area contributed by atoms with E-state index in [0.717, 1.165) is 0 Å². The Morgan fingerprint density at radius 3 is 1.71 bits per heavy atom. The van der Waals surface area contributed by atoms with Crippen LogP contribution in [0, 0.1) is 11.6 Å². The van der Waals surface area contributed by atoms with Gasteiger partial charge in [0.25, 0.3) is 0 Å². The molecule has 0 radical (unpaired) electrons. The summed E-state index contributed by atoms with van der Waals surface area (Å²) in [5.74, 6) is -2.46. The SMILES string of the molecule is O=C1O[C@H]([C@H](CO)OP(=O)(OCc2ccccc2)OCc2ccccc2)C(OCc2ccc(F)c(Br)c2)=C1OCc1ccc(F)c(Br)c1. The zero-order valence-electron chi connectivity index (χ0n) is 25.1. The molecule has 0 aromatic heterocycles. The highest BCUT2D eigenvalue weighted by atomic mass is 79.9. The molecule has 4 aromatic rings. The summed E-state index contributed by atoms with van der Waals surface area (Å²) in [5, 5.41) is 10.5. The molecule has 1 heterocycles. The first-order chi connectivity index (χ1) is 23.1. The number of carbonyl (C=O) groups excluding carboxylic acids is 1. The maximum Gasteiger partial charge on any atom is 0.475 e. The number of hydrogen-bond donors (Lipinski definition) is 1. The van der Waals surface area contributed by atoms with Crippen LogP contribution in [0.15, 0.2) is 118 Å². The summed E-state index contributed by atoms with van der Waals surface area (Å²) in [5.41, 5.74) is 2.38. The van der Waals surface area contributed by atoms with Crippen LogP contribution in [-0.4, -0.2) is 29.9 Å². The first kappa shape index (κ1) is 35.9. The van der Waals surface area contributed by atoms with Crippen molar-refractivity contribution in [2.75, 3.05) is 6.61 Å². The number of ether oxygens (including phenoxy) is 3. The zero-order valence-corrected chi connectivity index (χ0v) is 29.2. The molecule has 0 fully saturated rings. The normalized spacial score (nSPS) is 15.4. The van der Waals surface area contributed by atoms with Gasteiger partial charge >= 0.3 is 13.8 Å². The molecule has 0 amide bonds. The Labute approximate surface area is 292 Å². The van der Waals surface area contributed by atoms with Gasteiger partial charge in [-0.2, -0.15) is 0 Å². The maximum atomic E-state index is 14.1. The Balaban J connectivity index is 1.42. The molecule has 1 aliphatic heterocycles. The van der Waals surface area contributed by atoms with Gasteiger partial charge in [0.05, 0.1) is 28.8 Å². The first-order valence-corrected chi connectivity index (χ1v) is 17.5. The predicted octanol–water partition coefficient (Wildman–Crippen LogP) is 8.28. The van der Waals surface area contributed by atoms with Gasteiger partial charge in [-0.1, -0.05) is 72.8 Å². The van der Waals surface area contributed by atoms with Crippen molar-refractivity contribution in [2.45, 2.75) is 38.6 Å². The van der Waals surface area contributed by atoms with Crippen LogP contribution in [0.5, 0.6) is 0 Å². The number of cyclic esters (lactones) is 1. The molecule has 0 unspecified atom stereocenters. The van der Waals surface area contributed by atoms with E-state index in [1.54, 1.807) is 48.5 Å². The largest absolute Gasteiger partial charge is 0.485 e. The summed E-state index contributed by atoms with van der Waals surface area (Å²) >= 11 is 6.26. The van der Waals surface area contributed by atoms with Crippen LogP contribution in [0.25, 0.3) is 0 Å². The highest BCUT2D eigenvalue weighted by Crippen LogP contribution is 2.53. The highest BCUT2D eigenvalue weighted by molar-refractivity contribution is 9.10. The van der Waals surface area contributed by atoms with Crippen LogP contribution in [0.2, 0.25) is 0 Å². The van der Waals surface area contributed by atoms with Crippen molar-refractivity contribution >= 4 is 45.7 Å². The van der Waals surface area contributed by atoms with Gasteiger partial charge in [0.2, 0.25) is 5.76 Å². The molecule has 0 bridgehead atoms. The molecule has 0 saturated heterocycles. The number of hydrogen-bond acceptors (Lipinski definition) is 9. The third-order valence-corrected chi connectivity index (χ3v) is 9.53. The molecule has 9 nitrogen and oxygen atoms in total. The van der Waals surface area contributed by atoms with E-state index < -0.39 is 44.2 Å². The van der Waals surface area contributed by atoms with E-state index >= 15 is 0 Å². The zero-order chi connectivity index (χ0) is 34.1. The third-order valence-electron chi connectivity index (χ3n) is 6.89. The van der Waals surface area contributed by atoms with Crippen molar-refractivity contribution in [1.82, 2.24) is 0 Å². The monoisotopic (exact) mass is 808 g/mol. The molecule has 0 aliphatic carbocycles. The van der Waals surface area contributed by atoms with Gasteiger partial charge in [0, 0.05) is 0 Å². The second-order valence-corrected chi connectivity index (χ2v) is 13.7. The van der Waals surface area contributed by atoms with E-state index in [-0.39, 0.29) is 46.9 Å². The fraction of sp³-hybridized carbons (Fsp3) is 0.206. The lowest BCUT2D eigenvalue weighted by molar-refractivity contribution is -0.148. The lowest BCUT2D eigenvalue weighted by Gasteiger charge is -2.27. The molecule has 1 N–H and O–H groups in total. The minimum atomic E-state index is -4.46. The van der Waals surface area contributed by atoms with Gasteiger partial charge in [-0.15, -0.1) is 0 Å².